The maximum atomic E-state index is 12.1. The molecule has 21 heavy (non-hydrogen) atoms. The molecular formula is C11H16F2N2O5S. The van der Waals surface area contributed by atoms with Gasteiger partial charge in [0.05, 0.1) is 0 Å². The summed E-state index contributed by atoms with van der Waals surface area (Å²) in [4.78, 5) is 10.7. The molecule has 1 aromatic rings. The molecule has 120 valence electrons. The molecule has 1 unspecified atom stereocenters. The highest BCUT2D eigenvalue weighted by atomic mass is 32.2. The second-order valence-electron chi connectivity index (χ2n) is 4.31. The summed E-state index contributed by atoms with van der Waals surface area (Å²) in [5, 5.41) is 17.9. The number of carboxylic acid groups (broad SMARTS) is 1. The van der Waals surface area contributed by atoms with Gasteiger partial charge in [0, 0.05) is 19.3 Å². The third kappa shape index (κ3) is 4.48. The van der Waals surface area contributed by atoms with Crippen molar-refractivity contribution in [2.45, 2.75) is 37.3 Å². The highest BCUT2D eigenvalue weighted by molar-refractivity contribution is 7.89. The summed E-state index contributed by atoms with van der Waals surface area (Å²) < 4.78 is 51.0. The number of sulfonamides is 1. The summed E-state index contributed by atoms with van der Waals surface area (Å²) in [6.07, 6.45) is -3.50. The Bertz CT molecular complexity index is 600. The molecule has 0 aromatic carbocycles. The van der Waals surface area contributed by atoms with Crippen molar-refractivity contribution in [1.82, 2.24) is 9.29 Å². The number of aryl methyl sites for hydroxylation is 1. The molecule has 1 rings (SSSR count). The second-order valence-corrected chi connectivity index (χ2v) is 6.08. The van der Waals surface area contributed by atoms with Gasteiger partial charge in [0.1, 0.15) is 16.7 Å². The third-order valence-corrected chi connectivity index (χ3v) is 4.03. The summed E-state index contributed by atoms with van der Waals surface area (Å²) >= 11 is 0. The molecule has 0 fully saturated rings. The minimum atomic E-state index is -4.17. The van der Waals surface area contributed by atoms with E-state index in [2.05, 4.69) is 0 Å². The molecular weight excluding hydrogens is 310 g/mol. The van der Waals surface area contributed by atoms with Gasteiger partial charge in [0.15, 0.2) is 0 Å². The van der Waals surface area contributed by atoms with Gasteiger partial charge in [-0.3, -0.25) is 0 Å². The van der Waals surface area contributed by atoms with Gasteiger partial charge < -0.3 is 14.8 Å². The van der Waals surface area contributed by atoms with Crippen molar-refractivity contribution in [2.24, 2.45) is 0 Å². The normalized spacial score (nSPS) is 13.6. The molecule has 1 heterocycles. The van der Waals surface area contributed by atoms with Crippen molar-refractivity contribution >= 4 is 16.0 Å². The number of nitrogens with zero attached hydrogens (tertiary/aromatic N) is 1. The molecule has 0 aliphatic heterocycles. The number of aliphatic hydroxyl groups excluding tert-OH is 1. The van der Waals surface area contributed by atoms with Gasteiger partial charge in [-0.1, -0.05) is 6.92 Å². The SMILES string of the molecule is CCCn1cc(S(=O)(=O)NCC(O)C(F)F)cc1C(=O)O. The van der Waals surface area contributed by atoms with Crippen LogP contribution in [0.25, 0.3) is 0 Å². The van der Waals surface area contributed by atoms with Crippen LogP contribution in [0.3, 0.4) is 0 Å². The van der Waals surface area contributed by atoms with Gasteiger partial charge in [-0.15, -0.1) is 0 Å². The topological polar surface area (TPSA) is 109 Å². The van der Waals surface area contributed by atoms with Gasteiger partial charge >= 0.3 is 5.97 Å². The van der Waals surface area contributed by atoms with Gasteiger partial charge in [-0.05, 0) is 12.5 Å². The Labute approximate surface area is 120 Å². The summed E-state index contributed by atoms with van der Waals surface area (Å²) in [5.74, 6) is -1.29. The lowest BCUT2D eigenvalue weighted by Crippen LogP contribution is -2.35. The average molecular weight is 326 g/mol. The quantitative estimate of drug-likeness (QED) is 0.645. The first-order valence-corrected chi connectivity index (χ1v) is 7.56. The summed E-state index contributed by atoms with van der Waals surface area (Å²) in [6, 6.07) is 0.940. The first kappa shape index (κ1) is 17.5. The number of carboxylic acids is 1. The van der Waals surface area contributed by atoms with E-state index in [1.54, 1.807) is 6.92 Å². The van der Waals surface area contributed by atoms with Crippen LogP contribution >= 0.6 is 0 Å². The van der Waals surface area contributed by atoms with Crippen LogP contribution in [-0.4, -0.2) is 48.2 Å². The van der Waals surface area contributed by atoms with E-state index in [-0.39, 0.29) is 10.6 Å². The monoisotopic (exact) mass is 326 g/mol. The zero-order valence-electron chi connectivity index (χ0n) is 11.2. The number of halogens is 2. The lowest BCUT2D eigenvalue weighted by molar-refractivity contribution is -0.000452. The molecule has 3 N–H and O–H groups in total. The maximum Gasteiger partial charge on any atom is 0.352 e. The van der Waals surface area contributed by atoms with Crippen LogP contribution in [-0.2, 0) is 16.6 Å². The average Bonchev–Trinajstić information content (AvgIpc) is 2.81. The smallest absolute Gasteiger partial charge is 0.352 e. The molecule has 0 aliphatic carbocycles. The molecule has 0 saturated carbocycles. The summed E-state index contributed by atoms with van der Waals surface area (Å²) in [5.41, 5.74) is -0.216. The molecule has 0 bridgehead atoms. The van der Waals surface area contributed by atoms with Crippen molar-refractivity contribution in [3.05, 3.63) is 18.0 Å². The van der Waals surface area contributed by atoms with Gasteiger partial charge in [-0.2, -0.15) is 0 Å². The zero-order valence-corrected chi connectivity index (χ0v) is 12.0. The molecule has 0 saturated heterocycles. The highest BCUT2D eigenvalue weighted by Crippen LogP contribution is 2.15. The predicted octanol–water partition coefficient (Wildman–Crippen LogP) is 0.501. The fourth-order valence-corrected chi connectivity index (χ4v) is 2.69. The Morgan fingerprint density at radius 1 is 1.48 bits per heavy atom. The molecule has 0 spiro atoms. The zero-order chi connectivity index (χ0) is 16.2. The second kappa shape index (κ2) is 6.96. The Morgan fingerprint density at radius 2 is 2.10 bits per heavy atom. The fourth-order valence-electron chi connectivity index (χ4n) is 1.60. The largest absolute Gasteiger partial charge is 0.477 e. The van der Waals surface area contributed by atoms with E-state index < -0.39 is 35.1 Å². The highest BCUT2D eigenvalue weighted by Gasteiger charge is 2.24. The minimum Gasteiger partial charge on any atom is -0.477 e. The lowest BCUT2D eigenvalue weighted by Gasteiger charge is -2.10. The Kier molecular flexibility index (Phi) is 5.81. The van der Waals surface area contributed by atoms with Crippen LogP contribution in [0.2, 0.25) is 0 Å². The maximum absolute atomic E-state index is 12.1. The molecule has 10 heteroatoms. The van der Waals surface area contributed by atoms with E-state index in [0.29, 0.717) is 13.0 Å². The Morgan fingerprint density at radius 3 is 2.57 bits per heavy atom. The first-order chi connectivity index (χ1) is 9.69. The predicted molar refractivity (Wildman–Crippen MR) is 68.9 cm³/mol. The van der Waals surface area contributed by atoms with Crippen LogP contribution < -0.4 is 4.72 Å². The van der Waals surface area contributed by atoms with Crippen LogP contribution in [0.5, 0.6) is 0 Å². The van der Waals surface area contributed by atoms with Crippen LogP contribution in [0.4, 0.5) is 8.78 Å². The number of hydrogen-bond acceptors (Lipinski definition) is 4. The van der Waals surface area contributed by atoms with Crippen molar-refractivity contribution in [3.63, 3.8) is 0 Å². The van der Waals surface area contributed by atoms with Crippen LogP contribution in [0, 0.1) is 0 Å². The molecule has 0 radical (unpaired) electrons. The Hall–Kier alpha value is -1.52. The molecule has 7 nitrogen and oxygen atoms in total. The number of aromatic nitrogens is 1. The summed E-state index contributed by atoms with van der Waals surface area (Å²) in [7, 11) is -4.17. The van der Waals surface area contributed by atoms with E-state index in [9.17, 15) is 22.0 Å². The summed E-state index contributed by atoms with van der Waals surface area (Å²) in [6.45, 7) is 1.23. The van der Waals surface area contributed by atoms with Gasteiger partial charge in [0.25, 0.3) is 6.43 Å². The number of alkyl halides is 2. The van der Waals surface area contributed by atoms with Gasteiger partial charge in [-0.25, -0.2) is 26.7 Å². The number of aliphatic hydroxyl groups is 1. The molecule has 0 amide bonds. The van der Waals surface area contributed by atoms with E-state index >= 15 is 0 Å². The number of aromatic carboxylic acids is 1. The third-order valence-electron chi connectivity index (χ3n) is 2.64. The van der Waals surface area contributed by atoms with Gasteiger partial charge in [0.2, 0.25) is 10.0 Å². The molecule has 1 aromatic heterocycles. The van der Waals surface area contributed by atoms with Crippen molar-refractivity contribution < 1.29 is 32.2 Å². The number of nitrogens with one attached hydrogen (secondary N) is 1. The minimum absolute atomic E-state index is 0.216. The van der Waals surface area contributed by atoms with Crippen molar-refractivity contribution in [2.75, 3.05) is 6.54 Å². The molecule has 0 aliphatic rings. The number of hydrogen-bond donors (Lipinski definition) is 3. The van der Waals surface area contributed by atoms with Crippen molar-refractivity contribution in [1.29, 1.82) is 0 Å². The first-order valence-electron chi connectivity index (χ1n) is 6.08. The Balaban J connectivity index is 2.98. The van der Waals surface area contributed by atoms with E-state index in [4.69, 9.17) is 10.2 Å². The number of rotatable bonds is 8. The fraction of sp³-hybridized carbons (Fsp3) is 0.545. The van der Waals surface area contributed by atoms with Crippen molar-refractivity contribution in [3.8, 4) is 0 Å². The van der Waals surface area contributed by atoms with E-state index in [1.807, 2.05) is 4.72 Å². The molecule has 1 atom stereocenters. The lowest BCUT2D eigenvalue weighted by atomic mass is 10.4. The van der Waals surface area contributed by atoms with Crippen LogP contribution in [0.15, 0.2) is 17.2 Å². The number of carbonyl (C=O) groups is 1. The van der Waals surface area contributed by atoms with E-state index in [1.165, 1.54) is 4.57 Å². The van der Waals surface area contributed by atoms with E-state index in [0.717, 1.165) is 12.3 Å². The van der Waals surface area contributed by atoms with Crippen LogP contribution in [0.1, 0.15) is 23.8 Å². The standard InChI is InChI=1S/C11H16F2N2O5S/c1-2-3-15-6-7(4-8(15)11(17)18)21(19,20)14-5-9(16)10(12)13/h4,6,9-10,14,16H,2-3,5H2,1H3,(H,17,18).